The number of benzene rings is 1. The van der Waals surface area contributed by atoms with E-state index >= 15 is 0 Å². The minimum Gasteiger partial charge on any atom is -0.307 e. The molecule has 0 saturated heterocycles. The van der Waals surface area contributed by atoms with Crippen LogP contribution in [0.3, 0.4) is 0 Å². The summed E-state index contributed by atoms with van der Waals surface area (Å²) in [5.74, 6) is 0.429. The minimum atomic E-state index is -0.0542. The summed E-state index contributed by atoms with van der Waals surface area (Å²) in [4.78, 5) is 26.9. The number of carbonyl (C=O) groups excluding carboxylic acids is 1. The molecule has 0 aliphatic heterocycles. The van der Waals surface area contributed by atoms with Crippen molar-refractivity contribution in [2.24, 2.45) is 0 Å². The Kier molecular flexibility index (Phi) is 4.38. The number of thiazole rings is 1. The number of hydrogen-bond acceptors (Lipinski definition) is 4. The molecule has 94 valence electrons. The normalized spacial score (nSPS) is 10.5. The molecule has 0 saturated carbocycles. The first-order valence-electron chi connectivity index (χ1n) is 5.63. The molecule has 0 amide bonds. The van der Waals surface area contributed by atoms with Gasteiger partial charge in [0, 0.05) is 10.4 Å². The van der Waals surface area contributed by atoms with Gasteiger partial charge >= 0.3 is 4.87 Å². The van der Waals surface area contributed by atoms with E-state index in [1.807, 2.05) is 25.1 Å². The molecule has 18 heavy (non-hydrogen) atoms. The van der Waals surface area contributed by atoms with Gasteiger partial charge < -0.3 is 4.98 Å². The smallest absolute Gasteiger partial charge is 0.305 e. The number of ketones is 1. The third kappa shape index (κ3) is 3.11. The maximum atomic E-state index is 11.9. The molecule has 1 aromatic heterocycles. The summed E-state index contributed by atoms with van der Waals surface area (Å²) in [5, 5.41) is 0.830. The molecule has 2 rings (SSSR count). The fraction of sp³-hybridized carbons (Fsp3) is 0.231. The van der Waals surface area contributed by atoms with Gasteiger partial charge in [-0.3, -0.25) is 9.59 Å². The Morgan fingerprint density at radius 1 is 1.33 bits per heavy atom. The number of rotatable bonds is 5. The molecule has 0 bridgehead atoms. The minimum absolute atomic E-state index is 0.0542. The van der Waals surface area contributed by atoms with Crippen molar-refractivity contribution < 1.29 is 4.79 Å². The zero-order chi connectivity index (χ0) is 13.0. The highest BCUT2D eigenvalue weighted by Gasteiger charge is 2.10. The lowest BCUT2D eigenvalue weighted by Gasteiger charge is -2.01. The van der Waals surface area contributed by atoms with Gasteiger partial charge in [0.15, 0.2) is 5.78 Å². The van der Waals surface area contributed by atoms with Crippen molar-refractivity contribution in [1.82, 2.24) is 4.98 Å². The summed E-state index contributed by atoms with van der Waals surface area (Å²) in [6.45, 7) is 2.00. The number of thioether (sulfide) groups is 1. The molecule has 1 N–H and O–H groups in total. The van der Waals surface area contributed by atoms with Crippen LogP contribution in [0.1, 0.15) is 22.2 Å². The van der Waals surface area contributed by atoms with Crippen LogP contribution in [-0.2, 0) is 6.42 Å². The quantitative estimate of drug-likeness (QED) is 0.676. The predicted molar refractivity (Wildman–Crippen MR) is 75.8 cm³/mol. The number of carbonyl (C=O) groups is 1. The summed E-state index contributed by atoms with van der Waals surface area (Å²) in [7, 11) is 0. The van der Waals surface area contributed by atoms with Gasteiger partial charge in [-0.05, 0) is 6.42 Å². The van der Waals surface area contributed by atoms with Gasteiger partial charge in [-0.15, -0.1) is 0 Å². The first-order valence-corrected chi connectivity index (χ1v) is 7.44. The van der Waals surface area contributed by atoms with Crippen LogP contribution < -0.4 is 4.87 Å². The second kappa shape index (κ2) is 6.02. The summed E-state index contributed by atoms with van der Waals surface area (Å²) in [6, 6.07) is 9.19. The zero-order valence-corrected chi connectivity index (χ0v) is 11.6. The lowest BCUT2D eigenvalue weighted by molar-refractivity contribution is 0.102. The van der Waals surface area contributed by atoms with Crippen LogP contribution in [0.5, 0.6) is 0 Å². The molecule has 5 heteroatoms. The predicted octanol–water partition coefficient (Wildman–Crippen LogP) is 2.97. The topological polar surface area (TPSA) is 49.9 Å². The molecule has 0 fully saturated rings. The summed E-state index contributed by atoms with van der Waals surface area (Å²) in [5.41, 5.74) is 0.709. The van der Waals surface area contributed by atoms with Crippen LogP contribution >= 0.6 is 23.1 Å². The van der Waals surface area contributed by atoms with E-state index in [2.05, 4.69) is 4.98 Å². The molecule has 1 aromatic carbocycles. The highest BCUT2D eigenvalue weighted by molar-refractivity contribution is 8.00. The molecule has 0 aliphatic carbocycles. The van der Waals surface area contributed by atoms with E-state index in [-0.39, 0.29) is 10.7 Å². The van der Waals surface area contributed by atoms with Crippen LogP contribution in [0.4, 0.5) is 0 Å². The maximum Gasteiger partial charge on any atom is 0.305 e. The highest BCUT2D eigenvalue weighted by atomic mass is 32.2. The van der Waals surface area contributed by atoms with Crippen molar-refractivity contribution in [3.05, 3.63) is 50.4 Å². The Morgan fingerprint density at radius 2 is 2.06 bits per heavy atom. The van der Waals surface area contributed by atoms with Gasteiger partial charge in [0.1, 0.15) is 0 Å². The van der Waals surface area contributed by atoms with E-state index < -0.39 is 0 Å². The number of nitrogens with one attached hydrogen (secondary N) is 1. The molecule has 0 unspecified atom stereocenters. The van der Waals surface area contributed by atoms with Crippen molar-refractivity contribution in [1.29, 1.82) is 0 Å². The van der Waals surface area contributed by atoms with Gasteiger partial charge in [0.25, 0.3) is 0 Å². The lowest BCUT2D eigenvalue weighted by atomic mass is 10.2. The van der Waals surface area contributed by atoms with Crippen molar-refractivity contribution in [2.75, 3.05) is 5.75 Å². The van der Waals surface area contributed by atoms with E-state index in [0.717, 1.165) is 16.3 Å². The summed E-state index contributed by atoms with van der Waals surface area (Å²) < 4.78 is 0. The third-order valence-corrected chi connectivity index (χ3v) is 4.65. The zero-order valence-electron chi connectivity index (χ0n) is 9.93. The lowest BCUT2D eigenvalue weighted by Crippen LogP contribution is -2.02. The van der Waals surface area contributed by atoms with Crippen LogP contribution in [0, 0.1) is 0 Å². The van der Waals surface area contributed by atoms with Crippen molar-refractivity contribution in [3.8, 4) is 0 Å². The fourth-order valence-electron chi connectivity index (χ4n) is 1.54. The van der Waals surface area contributed by atoms with E-state index in [1.54, 1.807) is 12.1 Å². The van der Waals surface area contributed by atoms with E-state index in [0.29, 0.717) is 11.3 Å². The van der Waals surface area contributed by atoms with Crippen LogP contribution in [0.25, 0.3) is 0 Å². The Morgan fingerprint density at radius 3 is 2.72 bits per heavy atom. The summed E-state index contributed by atoms with van der Waals surface area (Å²) >= 11 is 2.62. The van der Waals surface area contributed by atoms with E-state index in [4.69, 9.17) is 0 Å². The van der Waals surface area contributed by atoms with Crippen molar-refractivity contribution in [3.63, 3.8) is 0 Å². The first kappa shape index (κ1) is 13.1. The molecule has 0 radical (unpaired) electrons. The number of aryl methyl sites for hydroxylation is 1. The van der Waals surface area contributed by atoms with Gasteiger partial charge in [-0.1, -0.05) is 60.4 Å². The maximum absolute atomic E-state index is 11.9. The highest BCUT2D eigenvalue weighted by Crippen LogP contribution is 2.23. The second-order valence-electron chi connectivity index (χ2n) is 3.70. The SMILES string of the molecule is CCc1sc(=O)[nH]c1SCC(=O)c1ccccc1. The van der Waals surface area contributed by atoms with Crippen LogP contribution in [0.2, 0.25) is 0 Å². The number of aromatic nitrogens is 1. The number of H-pyrrole nitrogens is 1. The molecule has 0 atom stereocenters. The monoisotopic (exact) mass is 279 g/mol. The largest absolute Gasteiger partial charge is 0.307 e. The van der Waals surface area contributed by atoms with Crippen molar-refractivity contribution >= 4 is 28.9 Å². The molecule has 0 aliphatic rings. The third-order valence-electron chi connectivity index (χ3n) is 2.45. The average molecular weight is 279 g/mol. The standard InChI is InChI=1S/C13H13NO2S2/c1-2-11-12(14-13(16)18-11)17-8-10(15)9-6-4-3-5-7-9/h3-7H,2,8H2,1H3,(H,14,16). The van der Waals surface area contributed by atoms with Crippen LogP contribution in [0.15, 0.2) is 40.2 Å². The number of aromatic amines is 1. The van der Waals surface area contributed by atoms with Crippen LogP contribution in [-0.4, -0.2) is 16.5 Å². The fourth-order valence-corrected chi connectivity index (χ4v) is 3.48. The van der Waals surface area contributed by atoms with Gasteiger partial charge in [0.05, 0.1) is 10.8 Å². The number of hydrogen-bond donors (Lipinski definition) is 1. The Balaban J connectivity index is 2.04. The molecular formula is C13H13NO2S2. The molecule has 1 heterocycles. The average Bonchev–Trinajstić information content (AvgIpc) is 2.77. The van der Waals surface area contributed by atoms with E-state index in [1.165, 1.54) is 23.1 Å². The molecular weight excluding hydrogens is 266 g/mol. The van der Waals surface area contributed by atoms with Gasteiger partial charge in [-0.2, -0.15) is 0 Å². The second-order valence-corrected chi connectivity index (χ2v) is 5.75. The molecule has 2 aromatic rings. The Labute approximate surface area is 113 Å². The van der Waals surface area contributed by atoms with Gasteiger partial charge in [0.2, 0.25) is 0 Å². The van der Waals surface area contributed by atoms with E-state index in [9.17, 15) is 9.59 Å². The Bertz CT molecular complexity index is 587. The Hall–Kier alpha value is -1.33. The van der Waals surface area contributed by atoms with Crippen molar-refractivity contribution in [2.45, 2.75) is 18.4 Å². The van der Waals surface area contributed by atoms with Gasteiger partial charge in [-0.25, -0.2) is 0 Å². The number of Topliss-reactive ketones (excluding diaryl/α,β-unsaturated/α-hetero) is 1. The molecule has 3 nitrogen and oxygen atoms in total. The first-order chi connectivity index (χ1) is 8.70. The summed E-state index contributed by atoms with van der Waals surface area (Å²) in [6.07, 6.45) is 0.811. The molecule has 0 spiro atoms.